The minimum atomic E-state index is 0.246. The smallest absolute Gasteiger partial charge is 0.135 e. The fourth-order valence-electron chi connectivity index (χ4n) is 3.05. The molecule has 2 rings (SSSR count). The molecule has 3 heteroatoms. The number of nitrogens with zero attached hydrogens (tertiary/aromatic N) is 1. The lowest BCUT2D eigenvalue weighted by atomic mass is 9.63. The molecule has 0 amide bonds. The average Bonchev–Trinajstić information content (AvgIpc) is 2.26. The van der Waals surface area contributed by atoms with Crippen molar-refractivity contribution in [2.24, 2.45) is 5.41 Å². The molecule has 1 heterocycles. The van der Waals surface area contributed by atoms with E-state index in [0.29, 0.717) is 17.9 Å². The number of rotatable bonds is 3. The van der Waals surface area contributed by atoms with Crippen molar-refractivity contribution in [3.05, 3.63) is 0 Å². The molecule has 0 aromatic carbocycles. The quantitative estimate of drug-likeness (QED) is 0.734. The first-order valence-electron chi connectivity index (χ1n) is 6.43. The van der Waals surface area contributed by atoms with Crippen LogP contribution in [0.15, 0.2) is 0 Å². The van der Waals surface area contributed by atoms with Crippen LogP contribution in [0.5, 0.6) is 0 Å². The number of piperidine rings is 1. The highest BCUT2D eigenvalue weighted by Gasteiger charge is 2.51. The summed E-state index contributed by atoms with van der Waals surface area (Å²) in [4.78, 5) is 13.7. The summed E-state index contributed by atoms with van der Waals surface area (Å²) < 4.78 is 5.74. The van der Waals surface area contributed by atoms with Crippen LogP contribution in [0.2, 0.25) is 0 Å². The molecule has 0 aromatic rings. The standard InChI is InChI=1S/C13H23NO2/c1-4-16-12-9-11(13(12,2)3)14-7-5-10(15)6-8-14/h11-12H,4-9H2,1-3H3. The van der Waals surface area contributed by atoms with Gasteiger partial charge in [-0.25, -0.2) is 0 Å². The van der Waals surface area contributed by atoms with Crippen molar-refractivity contribution < 1.29 is 9.53 Å². The van der Waals surface area contributed by atoms with Gasteiger partial charge in [0.2, 0.25) is 0 Å². The first-order valence-corrected chi connectivity index (χ1v) is 6.43. The topological polar surface area (TPSA) is 29.5 Å². The van der Waals surface area contributed by atoms with Crippen LogP contribution in [0.3, 0.4) is 0 Å². The SMILES string of the molecule is CCOC1CC(N2CCC(=O)CC2)C1(C)C. The normalized spacial score (nSPS) is 34.8. The molecule has 0 aromatic heterocycles. The highest BCUT2D eigenvalue weighted by molar-refractivity contribution is 5.79. The molecule has 0 radical (unpaired) electrons. The maximum atomic E-state index is 11.2. The van der Waals surface area contributed by atoms with Gasteiger partial charge in [0.05, 0.1) is 6.10 Å². The van der Waals surface area contributed by atoms with E-state index in [1.807, 2.05) is 0 Å². The van der Waals surface area contributed by atoms with Crippen molar-refractivity contribution in [1.29, 1.82) is 0 Å². The first kappa shape index (κ1) is 12.1. The molecule has 2 unspecified atom stereocenters. The fraction of sp³-hybridized carbons (Fsp3) is 0.923. The van der Waals surface area contributed by atoms with Gasteiger partial charge in [-0.15, -0.1) is 0 Å². The molecule has 2 fully saturated rings. The summed E-state index contributed by atoms with van der Waals surface area (Å²) >= 11 is 0. The van der Waals surface area contributed by atoms with Crippen molar-refractivity contribution in [3.8, 4) is 0 Å². The Morgan fingerprint density at radius 3 is 2.50 bits per heavy atom. The highest BCUT2D eigenvalue weighted by Crippen LogP contribution is 2.46. The van der Waals surface area contributed by atoms with Crippen LogP contribution < -0.4 is 0 Å². The number of hydrogen-bond acceptors (Lipinski definition) is 3. The monoisotopic (exact) mass is 225 g/mol. The summed E-state index contributed by atoms with van der Waals surface area (Å²) in [5.74, 6) is 0.426. The summed E-state index contributed by atoms with van der Waals surface area (Å²) in [6.45, 7) is 9.34. The Hall–Kier alpha value is -0.410. The van der Waals surface area contributed by atoms with E-state index in [0.717, 1.165) is 39.0 Å². The number of Topliss-reactive ketones (excluding diaryl/α,β-unsaturated/α-hetero) is 1. The van der Waals surface area contributed by atoms with Crippen LogP contribution in [0, 0.1) is 5.41 Å². The summed E-state index contributed by atoms with van der Waals surface area (Å²) in [5, 5.41) is 0. The second-order valence-electron chi connectivity index (χ2n) is 5.59. The third-order valence-corrected chi connectivity index (χ3v) is 4.29. The van der Waals surface area contributed by atoms with Crippen molar-refractivity contribution in [2.75, 3.05) is 19.7 Å². The summed E-state index contributed by atoms with van der Waals surface area (Å²) in [7, 11) is 0. The Balaban J connectivity index is 1.90. The molecule has 2 aliphatic rings. The van der Waals surface area contributed by atoms with Crippen LogP contribution in [-0.2, 0) is 9.53 Å². The van der Waals surface area contributed by atoms with Gasteiger partial charge in [-0.1, -0.05) is 13.8 Å². The van der Waals surface area contributed by atoms with E-state index in [4.69, 9.17) is 4.74 Å². The Bertz CT molecular complexity index is 265. The minimum Gasteiger partial charge on any atom is -0.378 e. The Kier molecular flexibility index (Phi) is 3.36. The number of likely N-dealkylation sites (tertiary alicyclic amines) is 1. The zero-order valence-corrected chi connectivity index (χ0v) is 10.7. The van der Waals surface area contributed by atoms with E-state index in [-0.39, 0.29) is 5.41 Å². The Morgan fingerprint density at radius 1 is 1.38 bits per heavy atom. The predicted molar refractivity (Wildman–Crippen MR) is 63.4 cm³/mol. The van der Waals surface area contributed by atoms with Gasteiger partial charge in [-0.05, 0) is 13.3 Å². The zero-order chi connectivity index (χ0) is 11.8. The van der Waals surface area contributed by atoms with E-state index in [2.05, 4.69) is 25.7 Å². The van der Waals surface area contributed by atoms with Gasteiger partial charge < -0.3 is 4.74 Å². The van der Waals surface area contributed by atoms with Gasteiger partial charge in [0.1, 0.15) is 5.78 Å². The molecule has 1 aliphatic carbocycles. The number of ether oxygens (including phenoxy) is 1. The Morgan fingerprint density at radius 2 is 2.00 bits per heavy atom. The molecule has 1 saturated heterocycles. The van der Waals surface area contributed by atoms with E-state index in [1.54, 1.807) is 0 Å². The van der Waals surface area contributed by atoms with Crippen LogP contribution >= 0.6 is 0 Å². The van der Waals surface area contributed by atoms with Crippen LogP contribution in [-0.4, -0.2) is 42.5 Å². The second-order valence-corrected chi connectivity index (χ2v) is 5.59. The largest absolute Gasteiger partial charge is 0.378 e. The third kappa shape index (κ3) is 2.03. The number of carbonyl (C=O) groups is 1. The summed E-state index contributed by atoms with van der Waals surface area (Å²) in [6, 6.07) is 0.608. The molecule has 0 bridgehead atoms. The van der Waals surface area contributed by atoms with E-state index in [9.17, 15) is 4.79 Å². The highest BCUT2D eigenvalue weighted by atomic mass is 16.5. The zero-order valence-electron chi connectivity index (χ0n) is 10.7. The van der Waals surface area contributed by atoms with Gasteiger partial charge in [-0.2, -0.15) is 0 Å². The molecule has 1 aliphatic heterocycles. The lowest BCUT2D eigenvalue weighted by Crippen LogP contribution is -2.63. The second kappa shape index (κ2) is 4.46. The Labute approximate surface area is 98.1 Å². The molecule has 0 N–H and O–H groups in total. The van der Waals surface area contributed by atoms with E-state index in [1.165, 1.54) is 0 Å². The van der Waals surface area contributed by atoms with Crippen molar-refractivity contribution in [3.63, 3.8) is 0 Å². The van der Waals surface area contributed by atoms with Crippen molar-refractivity contribution >= 4 is 5.78 Å². The van der Waals surface area contributed by atoms with Gasteiger partial charge in [0, 0.05) is 44.0 Å². The molecule has 1 saturated carbocycles. The van der Waals surface area contributed by atoms with E-state index >= 15 is 0 Å². The van der Waals surface area contributed by atoms with Gasteiger partial charge in [0.25, 0.3) is 0 Å². The predicted octanol–water partition coefficient (Wildman–Crippen LogP) is 1.85. The lowest BCUT2D eigenvalue weighted by molar-refractivity contribution is -0.155. The van der Waals surface area contributed by atoms with Gasteiger partial charge in [-0.3, -0.25) is 9.69 Å². The number of ketones is 1. The first-order chi connectivity index (χ1) is 7.55. The lowest BCUT2D eigenvalue weighted by Gasteiger charge is -2.56. The van der Waals surface area contributed by atoms with Gasteiger partial charge in [0.15, 0.2) is 0 Å². The average molecular weight is 225 g/mol. The molecular formula is C13H23NO2. The number of hydrogen-bond donors (Lipinski definition) is 0. The third-order valence-electron chi connectivity index (χ3n) is 4.29. The van der Waals surface area contributed by atoms with Crippen LogP contribution in [0.1, 0.15) is 40.0 Å². The van der Waals surface area contributed by atoms with Gasteiger partial charge >= 0.3 is 0 Å². The fourth-order valence-corrected chi connectivity index (χ4v) is 3.05. The van der Waals surface area contributed by atoms with Crippen molar-refractivity contribution in [2.45, 2.75) is 52.2 Å². The summed E-state index contributed by atoms with van der Waals surface area (Å²) in [5.41, 5.74) is 0.246. The minimum absolute atomic E-state index is 0.246. The van der Waals surface area contributed by atoms with Crippen molar-refractivity contribution in [1.82, 2.24) is 4.90 Å². The van der Waals surface area contributed by atoms with Crippen LogP contribution in [0.25, 0.3) is 0 Å². The molecule has 0 spiro atoms. The molecule has 92 valence electrons. The maximum absolute atomic E-state index is 11.2. The molecule has 2 atom stereocenters. The molecule has 3 nitrogen and oxygen atoms in total. The maximum Gasteiger partial charge on any atom is 0.135 e. The van der Waals surface area contributed by atoms with E-state index < -0.39 is 0 Å². The molecule has 16 heavy (non-hydrogen) atoms. The number of carbonyl (C=O) groups excluding carboxylic acids is 1. The molecular weight excluding hydrogens is 202 g/mol. The van der Waals surface area contributed by atoms with Crippen LogP contribution in [0.4, 0.5) is 0 Å². The summed E-state index contributed by atoms with van der Waals surface area (Å²) in [6.07, 6.45) is 3.02.